The maximum Gasteiger partial charge on any atom is 0.317 e. The van der Waals surface area contributed by atoms with E-state index in [4.69, 9.17) is 23.2 Å². The van der Waals surface area contributed by atoms with Gasteiger partial charge in [0.15, 0.2) is 5.78 Å². The molecule has 0 heterocycles. The number of rotatable bonds is 11. The zero-order valence-corrected chi connectivity index (χ0v) is 23.1. The number of urea groups is 1. The zero-order valence-electron chi connectivity index (χ0n) is 21.5. The summed E-state index contributed by atoms with van der Waals surface area (Å²) >= 11 is 12.6. The number of carboxylic acid groups (broad SMARTS) is 1. The summed E-state index contributed by atoms with van der Waals surface area (Å²) < 4.78 is 0. The lowest BCUT2D eigenvalue weighted by atomic mass is 9.97. The monoisotopic (exact) mass is 569 g/mol. The van der Waals surface area contributed by atoms with Gasteiger partial charge < -0.3 is 20.6 Å². The van der Waals surface area contributed by atoms with Gasteiger partial charge in [-0.1, -0.05) is 83.4 Å². The summed E-state index contributed by atoms with van der Waals surface area (Å²) in [5.41, 5.74) is 2.99. The highest BCUT2D eigenvalue weighted by Gasteiger charge is 2.26. The van der Waals surface area contributed by atoms with Crippen molar-refractivity contribution in [1.82, 2.24) is 15.5 Å². The molecule has 0 radical (unpaired) electrons. The van der Waals surface area contributed by atoms with Crippen molar-refractivity contribution < 1.29 is 24.3 Å². The number of nitrogens with one attached hydrogen (secondary N) is 2. The molecule has 0 spiro atoms. The van der Waals surface area contributed by atoms with Gasteiger partial charge in [0.2, 0.25) is 0 Å². The summed E-state index contributed by atoms with van der Waals surface area (Å²) in [6, 6.07) is 19.2. The van der Waals surface area contributed by atoms with Crippen molar-refractivity contribution in [2.45, 2.75) is 26.4 Å². The Morgan fingerprint density at radius 1 is 0.897 bits per heavy atom. The molecule has 1 atom stereocenters. The highest BCUT2D eigenvalue weighted by Crippen LogP contribution is 2.29. The second-order valence-corrected chi connectivity index (χ2v) is 9.99. The molecule has 0 saturated carbocycles. The minimum atomic E-state index is -1.26. The van der Waals surface area contributed by atoms with Crippen LogP contribution in [0.5, 0.6) is 0 Å². The van der Waals surface area contributed by atoms with Crippen LogP contribution in [0.1, 0.15) is 43.8 Å². The average Bonchev–Trinajstić information content (AvgIpc) is 2.89. The number of aryl methyl sites for hydroxylation is 1. The normalized spacial score (nSPS) is 11.4. The molecule has 3 N–H and O–H groups in total. The highest BCUT2D eigenvalue weighted by molar-refractivity contribution is 6.40. The van der Waals surface area contributed by atoms with Gasteiger partial charge in [-0.15, -0.1) is 0 Å². The fourth-order valence-corrected chi connectivity index (χ4v) is 4.62. The first-order valence-corrected chi connectivity index (χ1v) is 12.9. The second kappa shape index (κ2) is 13.8. The molecule has 3 aromatic rings. The van der Waals surface area contributed by atoms with E-state index >= 15 is 0 Å². The number of hydrogen-bond acceptors (Lipinski definition) is 4. The summed E-state index contributed by atoms with van der Waals surface area (Å²) in [6.07, 6.45) is -0.448. The van der Waals surface area contributed by atoms with Crippen LogP contribution in [0, 0.1) is 12.8 Å². The number of nitrogens with zero attached hydrogens (tertiary/aromatic N) is 1. The van der Waals surface area contributed by atoms with Crippen LogP contribution in [0.25, 0.3) is 0 Å². The third kappa shape index (κ3) is 8.56. The Hall–Kier alpha value is -3.88. The van der Waals surface area contributed by atoms with Crippen LogP contribution in [-0.2, 0) is 17.9 Å². The lowest BCUT2D eigenvalue weighted by Crippen LogP contribution is -2.41. The van der Waals surface area contributed by atoms with Crippen LogP contribution < -0.4 is 10.6 Å². The smallest absolute Gasteiger partial charge is 0.317 e. The Labute approximate surface area is 236 Å². The largest absolute Gasteiger partial charge is 0.481 e. The summed E-state index contributed by atoms with van der Waals surface area (Å²) in [6.45, 7) is 2.31. The number of carbonyl (C=O) groups is 4. The third-order valence-electron chi connectivity index (χ3n) is 6.01. The summed E-state index contributed by atoms with van der Waals surface area (Å²) in [5, 5.41) is 14.9. The molecule has 0 aliphatic carbocycles. The lowest BCUT2D eigenvalue weighted by Gasteiger charge is -2.20. The minimum absolute atomic E-state index is 0.0658. The number of benzene rings is 3. The zero-order chi connectivity index (χ0) is 28.5. The van der Waals surface area contributed by atoms with E-state index in [1.807, 2.05) is 61.5 Å². The van der Waals surface area contributed by atoms with E-state index in [2.05, 4.69) is 10.6 Å². The molecule has 204 valence electrons. The molecule has 3 aromatic carbocycles. The van der Waals surface area contributed by atoms with Crippen LogP contribution in [-0.4, -0.2) is 47.3 Å². The molecular weight excluding hydrogens is 541 g/mol. The molecule has 39 heavy (non-hydrogen) atoms. The van der Waals surface area contributed by atoms with E-state index in [0.717, 1.165) is 16.7 Å². The van der Waals surface area contributed by atoms with Crippen molar-refractivity contribution in [3.63, 3.8) is 0 Å². The first kappa shape index (κ1) is 29.7. The Morgan fingerprint density at radius 2 is 1.54 bits per heavy atom. The molecule has 0 fully saturated rings. The molecule has 8 nitrogen and oxygen atoms in total. The van der Waals surface area contributed by atoms with Gasteiger partial charge in [-0.2, -0.15) is 0 Å². The van der Waals surface area contributed by atoms with Crippen LogP contribution in [0.15, 0.2) is 66.7 Å². The summed E-state index contributed by atoms with van der Waals surface area (Å²) in [5.74, 6) is -3.51. The SMILES string of the molecule is Cc1cccc(CNC(=O)c2cc(Cl)c(C(=O)CC(CNC(=O)N(C)Cc3ccccc3)C(=O)O)c(Cl)c2)c1. The maximum absolute atomic E-state index is 13.0. The van der Waals surface area contributed by atoms with Gasteiger partial charge in [0.1, 0.15) is 0 Å². The van der Waals surface area contributed by atoms with Gasteiger partial charge in [0, 0.05) is 38.7 Å². The number of hydrogen-bond donors (Lipinski definition) is 3. The van der Waals surface area contributed by atoms with Crippen LogP contribution >= 0.6 is 23.2 Å². The predicted molar refractivity (Wildman–Crippen MR) is 150 cm³/mol. The maximum atomic E-state index is 13.0. The molecular formula is C29H29Cl2N3O5. The van der Waals surface area contributed by atoms with Crippen molar-refractivity contribution >= 4 is 46.9 Å². The van der Waals surface area contributed by atoms with Crippen molar-refractivity contribution in [3.8, 4) is 0 Å². The molecule has 0 aromatic heterocycles. The fourth-order valence-electron chi connectivity index (χ4n) is 3.92. The van der Waals surface area contributed by atoms with Gasteiger partial charge in [-0.25, -0.2) is 4.79 Å². The quantitative estimate of drug-likeness (QED) is 0.269. The molecule has 3 amide bonds. The third-order valence-corrected chi connectivity index (χ3v) is 6.60. The molecule has 10 heteroatoms. The molecule has 0 aliphatic heterocycles. The number of aliphatic carboxylic acids is 1. The number of ketones is 1. The fraction of sp³-hybridized carbons (Fsp3) is 0.241. The summed E-state index contributed by atoms with van der Waals surface area (Å²) in [4.78, 5) is 51.3. The number of halogens is 2. The van der Waals surface area contributed by atoms with Crippen molar-refractivity contribution in [3.05, 3.63) is 105 Å². The average molecular weight is 570 g/mol. The van der Waals surface area contributed by atoms with Crippen molar-refractivity contribution in [2.24, 2.45) is 5.92 Å². The van der Waals surface area contributed by atoms with E-state index in [9.17, 15) is 24.3 Å². The van der Waals surface area contributed by atoms with Crippen LogP contribution in [0.3, 0.4) is 0 Å². The van der Waals surface area contributed by atoms with Crippen molar-refractivity contribution in [2.75, 3.05) is 13.6 Å². The van der Waals surface area contributed by atoms with Gasteiger partial charge in [-0.3, -0.25) is 14.4 Å². The number of carboxylic acids is 1. The first-order valence-electron chi connectivity index (χ1n) is 12.2. The second-order valence-electron chi connectivity index (χ2n) is 9.18. The van der Waals surface area contributed by atoms with Gasteiger partial charge >= 0.3 is 12.0 Å². The highest BCUT2D eigenvalue weighted by atomic mass is 35.5. The van der Waals surface area contributed by atoms with E-state index in [-0.39, 0.29) is 27.7 Å². The number of amides is 3. The topological polar surface area (TPSA) is 116 Å². The molecule has 0 aliphatic rings. The number of carbonyl (C=O) groups excluding carboxylic acids is 3. The lowest BCUT2D eigenvalue weighted by molar-refractivity contribution is -0.141. The molecule has 0 saturated heterocycles. The Bertz CT molecular complexity index is 1340. The Kier molecular flexibility index (Phi) is 10.5. The number of Topliss-reactive ketones (excluding diaryl/α,β-unsaturated/α-hetero) is 1. The predicted octanol–water partition coefficient (Wildman–Crippen LogP) is 5.35. The van der Waals surface area contributed by atoms with Gasteiger partial charge in [0.25, 0.3) is 5.91 Å². The Morgan fingerprint density at radius 3 is 2.15 bits per heavy atom. The summed E-state index contributed by atoms with van der Waals surface area (Å²) in [7, 11) is 1.58. The van der Waals surface area contributed by atoms with Crippen molar-refractivity contribution in [1.29, 1.82) is 0 Å². The van der Waals surface area contributed by atoms with E-state index in [1.54, 1.807) is 7.05 Å². The standard InChI is InChI=1S/C29H29Cl2N3O5/c1-18-7-6-10-20(11-18)15-32-27(36)21-12-23(30)26(24(31)13-21)25(35)14-22(28(37)38)16-33-29(39)34(2)17-19-8-4-3-5-9-19/h3-13,22H,14-17H2,1-2H3,(H,32,36)(H,33,39)(H,37,38). The van der Waals surface area contributed by atoms with Gasteiger partial charge in [0.05, 0.1) is 21.5 Å². The van der Waals surface area contributed by atoms with E-state index in [0.29, 0.717) is 13.1 Å². The van der Waals surface area contributed by atoms with E-state index in [1.165, 1.54) is 17.0 Å². The molecule has 3 rings (SSSR count). The minimum Gasteiger partial charge on any atom is -0.481 e. The van der Waals surface area contributed by atoms with Crippen LogP contribution in [0.4, 0.5) is 4.79 Å². The first-order chi connectivity index (χ1) is 18.5. The van der Waals surface area contributed by atoms with E-state index < -0.39 is 36.0 Å². The molecule has 0 bridgehead atoms. The van der Waals surface area contributed by atoms with Gasteiger partial charge in [-0.05, 0) is 30.2 Å². The Balaban J connectivity index is 1.61. The van der Waals surface area contributed by atoms with Crippen LogP contribution in [0.2, 0.25) is 10.0 Å². The molecule has 1 unspecified atom stereocenters.